The smallest absolute Gasteiger partial charge is 0.0815 e. The molecule has 0 aromatic heterocycles. The fourth-order valence-electron chi connectivity index (χ4n) is 2.95. The Morgan fingerprint density at radius 1 is 1.00 bits per heavy atom. The maximum absolute atomic E-state index is 10.7. The largest absolute Gasteiger partial charge is 0.388 e. The third-order valence-electron chi connectivity index (χ3n) is 4.40. The molecule has 1 unspecified atom stereocenters. The highest BCUT2D eigenvalue weighted by molar-refractivity contribution is 6.30. The second kappa shape index (κ2) is 7.45. The lowest BCUT2D eigenvalue weighted by Gasteiger charge is -2.34. The maximum Gasteiger partial charge on any atom is 0.0815 e. The number of hydrogen-bond acceptors (Lipinski definition) is 3. The lowest BCUT2D eigenvalue weighted by atomic mass is 9.92. The van der Waals surface area contributed by atoms with Crippen LogP contribution in [-0.2, 0) is 4.74 Å². The second-order valence-electron chi connectivity index (χ2n) is 6.11. The van der Waals surface area contributed by atoms with Crippen molar-refractivity contribution in [3.8, 4) is 0 Å². The van der Waals surface area contributed by atoms with E-state index in [1.807, 2.05) is 42.5 Å². The summed E-state index contributed by atoms with van der Waals surface area (Å²) in [7, 11) is 0. The molecule has 122 valence electrons. The average molecular weight is 332 g/mol. The predicted molar refractivity (Wildman–Crippen MR) is 92.7 cm³/mol. The Hall–Kier alpha value is -1.39. The summed E-state index contributed by atoms with van der Waals surface area (Å²) in [5.41, 5.74) is 1.61. The molecule has 1 fully saturated rings. The van der Waals surface area contributed by atoms with Crippen LogP contribution in [0.3, 0.4) is 0 Å². The summed E-state index contributed by atoms with van der Waals surface area (Å²) in [6.45, 7) is 1.78. The molecule has 2 N–H and O–H groups in total. The minimum absolute atomic E-state index is 0.0281. The van der Waals surface area contributed by atoms with Gasteiger partial charge in [-0.15, -0.1) is 0 Å². The molecule has 1 heterocycles. The Kier molecular flexibility index (Phi) is 5.34. The van der Waals surface area contributed by atoms with Crippen molar-refractivity contribution in [3.63, 3.8) is 0 Å². The van der Waals surface area contributed by atoms with E-state index in [4.69, 9.17) is 16.3 Å². The molecule has 4 heteroatoms. The van der Waals surface area contributed by atoms with Crippen LogP contribution in [0, 0.1) is 0 Å². The number of rotatable bonds is 5. The maximum atomic E-state index is 10.7. The highest BCUT2D eigenvalue weighted by Gasteiger charge is 2.30. The zero-order valence-electron chi connectivity index (χ0n) is 13.0. The lowest BCUT2D eigenvalue weighted by Crippen LogP contribution is -2.46. The number of aliphatic hydroxyl groups is 1. The monoisotopic (exact) mass is 331 g/mol. The highest BCUT2D eigenvalue weighted by atomic mass is 35.5. The summed E-state index contributed by atoms with van der Waals surface area (Å²) < 4.78 is 5.35. The van der Waals surface area contributed by atoms with E-state index in [1.165, 1.54) is 5.56 Å². The van der Waals surface area contributed by atoms with Gasteiger partial charge in [0.15, 0.2) is 0 Å². The van der Waals surface area contributed by atoms with Gasteiger partial charge in [-0.25, -0.2) is 0 Å². The third kappa shape index (κ3) is 4.33. The van der Waals surface area contributed by atoms with Gasteiger partial charge in [0.05, 0.1) is 11.6 Å². The van der Waals surface area contributed by atoms with Crippen molar-refractivity contribution in [2.24, 2.45) is 0 Å². The van der Waals surface area contributed by atoms with E-state index >= 15 is 0 Å². The molecule has 0 bridgehead atoms. The first-order valence-electron chi connectivity index (χ1n) is 8.00. The average Bonchev–Trinajstić information content (AvgIpc) is 2.58. The summed E-state index contributed by atoms with van der Waals surface area (Å²) >= 11 is 6.01. The third-order valence-corrected chi connectivity index (χ3v) is 4.65. The van der Waals surface area contributed by atoms with Crippen LogP contribution in [0.25, 0.3) is 0 Å². The van der Waals surface area contributed by atoms with Gasteiger partial charge >= 0.3 is 0 Å². The molecule has 1 atom stereocenters. The summed E-state index contributed by atoms with van der Waals surface area (Å²) in [6, 6.07) is 18.2. The van der Waals surface area contributed by atoms with E-state index in [0.717, 1.165) is 10.6 Å². The van der Waals surface area contributed by atoms with E-state index in [9.17, 15) is 5.11 Å². The van der Waals surface area contributed by atoms with Crippen LogP contribution in [0.4, 0.5) is 0 Å². The highest BCUT2D eigenvalue weighted by Crippen LogP contribution is 2.26. The van der Waals surface area contributed by atoms with Crippen molar-refractivity contribution in [1.82, 2.24) is 5.32 Å². The Morgan fingerprint density at radius 2 is 1.61 bits per heavy atom. The Balaban J connectivity index is 1.79. The van der Waals surface area contributed by atoms with Crippen molar-refractivity contribution in [3.05, 3.63) is 70.7 Å². The van der Waals surface area contributed by atoms with Gasteiger partial charge in [0.25, 0.3) is 0 Å². The number of halogens is 1. The zero-order valence-corrected chi connectivity index (χ0v) is 13.8. The van der Waals surface area contributed by atoms with Crippen molar-refractivity contribution < 1.29 is 9.84 Å². The topological polar surface area (TPSA) is 41.5 Å². The quantitative estimate of drug-likeness (QED) is 0.880. The van der Waals surface area contributed by atoms with Gasteiger partial charge in [-0.05, 0) is 23.3 Å². The van der Waals surface area contributed by atoms with E-state index in [2.05, 4.69) is 17.4 Å². The molecule has 0 aliphatic carbocycles. The Labute approximate surface area is 142 Å². The molecular weight excluding hydrogens is 310 g/mol. The first-order chi connectivity index (χ1) is 11.2. The molecule has 0 spiro atoms. The summed E-state index contributed by atoms with van der Waals surface area (Å²) in [6.07, 6.45) is 1.34. The molecule has 1 aliphatic rings. The van der Waals surface area contributed by atoms with Crippen LogP contribution in [0.15, 0.2) is 54.6 Å². The fourth-order valence-corrected chi connectivity index (χ4v) is 3.08. The lowest BCUT2D eigenvalue weighted by molar-refractivity contribution is -0.0623. The number of nitrogens with one attached hydrogen (secondary N) is 1. The van der Waals surface area contributed by atoms with E-state index in [1.54, 1.807) is 0 Å². The Bertz CT molecular complexity index is 609. The summed E-state index contributed by atoms with van der Waals surface area (Å²) in [4.78, 5) is 0. The first-order valence-corrected chi connectivity index (χ1v) is 8.38. The van der Waals surface area contributed by atoms with Crippen LogP contribution in [0.2, 0.25) is 5.02 Å². The molecule has 0 amide bonds. The van der Waals surface area contributed by atoms with Crippen LogP contribution >= 0.6 is 11.6 Å². The van der Waals surface area contributed by atoms with E-state index in [0.29, 0.717) is 32.6 Å². The summed E-state index contributed by atoms with van der Waals surface area (Å²) in [5.74, 6) is 0. The second-order valence-corrected chi connectivity index (χ2v) is 6.55. The predicted octanol–water partition coefficient (Wildman–Crippen LogP) is 3.56. The molecule has 0 radical (unpaired) electrons. The van der Waals surface area contributed by atoms with E-state index in [-0.39, 0.29) is 6.04 Å². The molecule has 2 aromatic carbocycles. The van der Waals surface area contributed by atoms with Crippen molar-refractivity contribution in [2.45, 2.75) is 24.5 Å². The molecule has 1 aliphatic heterocycles. The SMILES string of the molecule is OC1(CNC(c2ccccc2)c2ccc(Cl)cc2)CCOCC1. The van der Waals surface area contributed by atoms with Crippen molar-refractivity contribution >= 4 is 11.6 Å². The Morgan fingerprint density at radius 3 is 2.26 bits per heavy atom. The van der Waals surface area contributed by atoms with Crippen molar-refractivity contribution in [1.29, 1.82) is 0 Å². The molecule has 3 nitrogen and oxygen atoms in total. The minimum Gasteiger partial charge on any atom is -0.388 e. The van der Waals surface area contributed by atoms with Crippen molar-refractivity contribution in [2.75, 3.05) is 19.8 Å². The van der Waals surface area contributed by atoms with Gasteiger partial charge in [-0.3, -0.25) is 0 Å². The van der Waals surface area contributed by atoms with Gasteiger partial charge in [0.2, 0.25) is 0 Å². The zero-order chi connectivity index (χ0) is 16.1. The van der Waals surface area contributed by atoms with Gasteiger partial charge in [-0.1, -0.05) is 54.1 Å². The van der Waals surface area contributed by atoms with Gasteiger partial charge in [0.1, 0.15) is 0 Å². The van der Waals surface area contributed by atoms with Gasteiger partial charge in [0, 0.05) is 37.6 Å². The normalized spacial score (nSPS) is 18.5. The summed E-state index contributed by atoms with van der Waals surface area (Å²) in [5, 5.41) is 15.0. The molecule has 3 rings (SSSR count). The van der Waals surface area contributed by atoms with Crippen LogP contribution in [0.1, 0.15) is 30.0 Å². The molecular formula is C19H22ClNO2. The standard InChI is InChI=1S/C19H22ClNO2/c20-17-8-6-16(7-9-17)18(15-4-2-1-3-5-15)21-14-19(22)10-12-23-13-11-19/h1-9,18,21-22H,10-14H2. The number of hydrogen-bond donors (Lipinski definition) is 2. The van der Waals surface area contributed by atoms with Crippen LogP contribution in [-0.4, -0.2) is 30.5 Å². The van der Waals surface area contributed by atoms with Gasteiger partial charge in [-0.2, -0.15) is 0 Å². The number of ether oxygens (including phenoxy) is 1. The molecule has 2 aromatic rings. The van der Waals surface area contributed by atoms with Crippen LogP contribution < -0.4 is 5.32 Å². The minimum atomic E-state index is -0.697. The van der Waals surface area contributed by atoms with Gasteiger partial charge < -0.3 is 15.2 Å². The van der Waals surface area contributed by atoms with E-state index < -0.39 is 5.60 Å². The molecule has 0 saturated carbocycles. The molecule has 1 saturated heterocycles. The molecule has 23 heavy (non-hydrogen) atoms. The fraction of sp³-hybridized carbons (Fsp3) is 0.368. The number of benzene rings is 2. The first kappa shape index (κ1) is 16.5. The van der Waals surface area contributed by atoms with Crippen LogP contribution in [0.5, 0.6) is 0 Å².